The average Bonchev–Trinajstić information content (AvgIpc) is 3.00. The Labute approximate surface area is 123 Å². The highest BCUT2D eigenvalue weighted by Gasteiger charge is 2.32. The number of hydrogen-bond acceptors (Lipinski definition) is 2. The Balaban J connectivity index is 1.89. The summed E-state index contributed by atoms with van der Waals surface area (Å²) in [6.45, 7) is 4.50. The fourth-order valence-electron chi connectivity index (χ4n) is 2.87. The summed E-state index contributed by atoms with van der Waals surface area (Å²) in [6.07, 6.45) is 0.661. The van der Waals surface area contributed by atoms with Crippen LogP contribution in [0.2, 0.25) is 0 Å². The standard InChI is InChI=1S/C17H18FNO2/c1-11(2)21-17(20)14-9-10-19-15(7-8-16(14)19)12-3-5-13(18)6-4-12/h3-8,11,14H,9-10H2,1-2H3. The Morgan fingerprint density at radius 3 is 2.62 bits per heavy atom. The van der Waals surface area contributed by atoms with Gasteiger partial charge in [-0.2, -0.15) is 0 Å². The van der Waals surface area contributed by atoms with Gasteiger partial charge in [0.25, 0.3) is 0 Å². The number of benzene rings is 1. The molecule has 2 aromatic rings. The van der Waals surface area contributed by atoms with E-state index < -0.39 is 0 Å². The molecule has 1 aliphatic rings. The lowest BCUT2D eigenvalue weighted by atomic mass is 10.1. The summed E-state index contributed by atoms with van der Waals surface area (Å²) in [5.41, 5.74) is 2.96. The first-order valence-corrected chi connectivity index (χ1v) is 7.22. The maximum Gasteiger partial charge on any atom is 0.315 e. The van der Waals surface area contributed by atoms with Gasteiger partial charge in [-0.1, -0.05) is 0 Å². The Morgan fingerprint density at radius 2 is 1.95 bits per heavy atom. The molecule has 3 rings (SSSR count). The summed E-state index contributed by atoms with van der Waals surface area (Å²) in [5, 5.41) is 0. The predicted molar refractivity (Wildman–Crippen MR) is 78.4 cm³/mol. The van der Waals surface area contributed by atoms with Crippen LogP contribution >= 0.6 is 0 Å². The first-order valence-electron chi connectivity index (χ1n) is 7.22. The molecular formula is C17H18FNO2. The van der Waals surface area contributed by atoms with Crippen molar-refractivity contribution in [1.82, 2.24) is 4.57 Å². The van der Waals surface area contributed by atoms with Gasteiger partial charge in [0.2, 0.25) is 0 Å². The van der Waals surface area contributed by atoms with Gasteiger partial charge in [-0.15, -0.1) is 0 Å². The molecule has 0 saturated heterocycles. The molecule has 0 radical (unpaired) electrons. The average molecular weight is 287 g/mol. The van der Waals surface area contributed by atoms with Crippen LogP contribution in [-0.2, 0) is 16.1 Å². The van der Waals surface area contributed by atoms with Gasteiger partial charge in [-0.25, -0.2) is 4.39 Å². The van der Waals surface area contributed by atoms with E-state index in [1.54, 1.807) is 12.1 Å². The molecule has 1 aliphatic heterocycles. The molecule has 0 spiro atoms. The van der Waals surface area contributed by atoms with Crippen LogP contribution in [0.1, 0.15) is 31.9 Å². The number of rotatable bonds is 3. The minimum Gasteiger partial charge on any atom is -0.462 e. The molecule has 0 fully saturated rings. The minimum absolute atomic E-state index is 0.0990. The lowest BCUT2D eigenvalue weighted by molar-refractivity contribution is -0.149. The van der Waals surface area contributed by atoms with E-state index in [-0.39, 0.29) is 23.8 Å². The number of aromatic nitrogens is 1. The van der Waals surface area contributed by atoms with Crippen LogP contribution in [-0.4, -0.2) is 16.6 Å². The van der Waals surface area contributed by atoms with Crippen molar-refractivity contribution in [2.75, 3.05) is 0 Å². The Hall–Kier alpha value is -2.10. The second-order valence-corrected chi connectivity index (χ2v) is 5.63. The normalized spacial score (nSPS) is 17.0. The quantitative estimate of drug-likeness (QED) is 0.805. The van der Waals surface area contributed by atoms with E-state index in [0.717, 1.165) is 29.9 Å². The van der Waals surface area contributed by atoms with Gasteiger partial charge in [0, 0.05) is 17.9 Å². The highest BCUT2D eigenvalue weighted by Crippen LogP contribution is 2.35. The lowest BCUT2D eigenvalue weighted by Gasteiger charge is -2.12. The molecule has 1 aromatic carbocycles. The number of ether oxygens (including phenoxy) is 1. The summed E-state index contributed by atoms with van der Waals surface area (Å²) in [5.74, 6) is -0.598. The largest absolute Gasteiger partial charge is 0.462 e. The first-order chi connectivity index (χ1) is 10.1. The van der Waals surface area contributed by atoms with Crippen molar-refractivity contribution in [3.63, 3.8) is 0 Å². The maximum atomic E-state index is 13.0. The SMILES string of the molecule is CC(C)OC(=O)C1CCn2c(-c3ccc(F)cc3)ccc21. The van der Waals surface area contributed by atoms with E-state index in [1.165, 1.54) is 12.1 Å². The molecule has 1 unspecified atom stereocenters. The zero-order valence-corrected chi connectivity index (χ0v) is 12.2. The molecule has 1 aromatic heterocycles. The molecule has 21 heavy (non-hydrogen) atoms. The van der Waals surface area contributed by atoms with Gasteiger partial charge in [-0.3, -0.25) is 4.79 Å². The van der Waals surface area contributed by atoms with Gasteiger partial charge in [0.15, 0.2) is 0 Å². The monoisotopic (exact) mass is 287 g/mol. The zero-order chi connectivity index (χ0) is 15.0. The number of esters is 1. The van der Waals surface area contributed by atoms with Gasteiger partial charge >= 0.3 is 5.97 Å². The number of nitrogens with zero attached hydrogens (tertiary/aromatic N) is 1. The summed E-state index contributed by atoms with van der Waals surface area (Å²) in [6, 6.07) is 10.4. The van der Waals surface area contributed by atoms with Gasteiger partial charge < -0.3 is 9.30 Å². The van der Waals surface area contributed by atoms with Crippen LogP contribution in [0.15, 0.2) is 36.4 Å². The van der Waals surface area contributed by atoms with E-state index >= 15 is 0 Å². The van der Waals surface area contributed by atoms with Crippen LogP contribution in [0.25, 0.3) is 11.3 Å². The van der Waals surface area contributed by atoms with Crippen molar-refractivity contribution in [1.29, 1.82) is 0 Å². The Morgan fingerprint density at radius 1 is 1.24 bits per heavy atom. The van der Waals surface area contributed by atoms with Crippen molar-refractivity contribution >= 4 is 5.97 Å². The van der Waals surface area contributed by atoms with E-state index in [4.69, 9.17) is 4.74 Å². The number of hydrogen-bond donors (Lipinski definition) is 0. The number of carbonyl (C=O) groups is 1. The van der Waals surface area contributed by atoms with Crippen molar-refractivity contribution in [3.8, 4) is 11.3 Å². The predicted octanol–water partition coefficient (Wildman–Crippen LogP) is 3.73. The van der Waals surface area contributed by atoms with Gasteiger partial charge in [0.1, 0.15) is 5.82 Å². The lowest BCUT2D eigenvalue weighted by Crippen LogP contribution is -2.17. The van der Waals surface area contributed by atoms with Crippen molar-refractivity contribution < 1.29 is 13.9 Å². The molecule has 0 aliphatic carbocycles. The summed E-state index contributed by atoms with van der Waals surface area (Å²) in [7, 11) is 0. The van der Waals surface area contributed by atoms with Crippen LogP contribution in [0, 0.1) is 5.82 Å². The highest BCUT2D eigenvalue weighted by atomic mass is 19.1. The fraction of sp³-hybridized carbons (Fsp3) is 0.353. The molecule has 1 atom stereocenters. The fourth-order valence-corrected chi connectivity index (χ4v) is 2.87. The van der Waals surface area contributed by atoms with E-state index in [9.17, 15) is 9.18 Å². The third-order valence-corrected chi connectivity index (χ3v) is 3.79. The molecule has 110 valence electrons. The van der Waals surface area contributed by atoms with Crippen molar-refractivity contribution in [2.24, 2.45) is 0 Å². The second kappa shape index (κ2) is 5.35. The number of carbonyl (C=O) groups excluding carboxylic acids is 1. The smallest absolute Gasteiger partial charge is 0.315 e. The molecule has 2 heterocycles. The summed E-state index contributed by atoms with van der Waals surface area (Å²) in [4.78, 5) is 12.1. The third kappa shape index (κ3) is 2.58. The maximum absolute atomic E-state index is 13.0. The van der Waals surface area contributed by atoms with E-state index in [2.05, 4.69) is 4.57 Å². The molecule has 0 saturated carbocycles. The number of halogens is 1. The summed E-state index contributed by atoms with van der Waals surface area (Å²) >= 11 is 0. The third-order valence-electron chi connectivity index (χ3n) is 3.79. The molecule has 3 nitrogen and oxygen atoms in total. The van der Waals surface area contributed by atoms with Crippen LogP contribution in [0.5, 0.6) is 0 Å². The molecule has 0 N–H and O–H groups in total. The Kier molecular flexibility index (Phi) is 3.53. The number of fused-ring (bicyclic) bond motifs is 1. The van der Waals surface area contributed by atoms with E-state index in [0.29, 0.717) is 0 Å². The van der Waals surface area contributed by atoms with Crippen LogP contribution in [0.3, 0.4) is 0 Å². The first kappa shape index (κ1) is 13.9. The van der Waals surface area contributed by atoms with E-state index in [1.807, 2.05) is 26.0 Å². The molecule has 0 bridgehead atoms. The van der Waals surface area contributed by atoms with Crippen molar-refractivity contribution in [3.05, 3.63) is 47.9 Å². The zero-order valence-electron chi connectivity index (χ0n) is 12.2. The summed E-state index contributed by atoms with van der Waals surface area (Å²) < 4.78 is 20.5. The minimum atomic E-state index is -0.245. The second-order valence-electron chi connectivity index (χ2n) is 5.63. The molecule has 4 heteroatoms. The molecule has 0 amide bonds. The van der Waals surface area contributed by atoms with Crippen LogP contribution < -0.4 is 0 Å². The topological polar surface area (TPSA) is 31.2 Å². The van der Waals surface area contributed by atoms with Crippen LogP contribution in [0.4, 0.5) is 4.39 Å². The molecular weight excluding hydrogens is 269 g/mol. The highest BCUT2D eigenvalue weighted by molar-refractivity contribution is 5.79. The van der Waals surface area contributed by atoms with Gasteiger partial charge in [0.05, 0.1) is 12.0 Å². The Bertz CT molecular complexity index is 658. The van der Waals surface area contributed by atoms with Crippen molar-refractivity contribution in [2.45, 2.75) is 38.8 Å². The van der Waals surface area contributed by atoms with Gasteiger partial charge in [-0.05, 0) is 62.2 Å².